The molecule has 0 aliphatic heterocycles. The summed E-state index contributed by atoms with van der Waals surface area (Å²) in [5, 5.41) is 1.93. The molecule has 2 rings (SSSR count). The largest absolute Gasteiger partial charge is 0.456 e. The molecule has 0 N–H and O–H groups in total. The second-order valence-corrected chi connectivity index (χ2v) is 4.69. The summed E-state index contributed by atoms with van der Waals surface area (Å²) < 4.78 is 9.60. The predicted molar refractivity (Wildman–Crippen MR) is 91.0 cm³/mol. The molecule has 0 heterocycles. The van der Waals surface area contributed by atoms with E-state index in [1.807, 2.05) is 36.4 Å². The summed E-state index contributed by atoms with van der Waals surface area (Å²) in [6, 6.07) is 11.4. The smallest absolute Gasteiger partial charge is 0.384 e. The van der Waals surface area contributed by atoms with Gasteiger partial charge in [-0.15, -0.1) is 0 Å². The van der Waals surface area contributed by atoms with Gasteiger partial charge >= 0.3 is 11.9 Å². The highest BCUT2D eigenvalue weighted by Crippen LogP contribution is 2.19. The van der Waals surface area contributed by atoms with Crippen LogP contribution in [0.2, 0.25) is 0 Å². The lowest BCUT2D eigenvalue weighted by atomic mass is 10.0. The molecule has 0 atom stereocenters. The molecular formula is C20H16O4. The van der Waals surface area contributed by atoms with Gasteiger partial charge in [0.05, 0.1) is 13.2 Å². The molecule has 0 saturated heterocycles. The van der Waals surface area contributed by atoms with Crippen molar-refractivity contribution < 1.29 is 19.1 Å². The van der Waals surface area contributed by atoms with Crippen molar-refractivity contribution in [1.29, 1.82) is 0 Å². The Hall–Kier alpha value is -3.24. The molecule has 0 bridgehead atoms. The van der Waals surface area contributed by atoms with Crippen molar-refractivity contribution >= 4 is 22.7 Å². The number of esters is 2. The van der Waals surface area contributed by atoms with Gasteiger partial charge in [0.25, 0.3) is 0 Å². The maximum absolute atomic E-state index is 11.4. The molecule has 0 spiro atoms. The molecule has 24 heavy (non-hydrogen) atoms. The van der Waals surface area contributed by atoms with Crippen LogP contribution in [-0.2, 0) is 19.1 Å². The van der Waals surface area contributed by atoms with Gasteiger partial charge in [0.2, 0.25) is 0 Å². The van der Waals surface area contributed by atoms with Gasteiger partial charge in [-0.25, -0.2) is 9.59 Å². The highest BCUT2D eigenvalue weighted by molar-refractivity contribution is 5.92. The van der Waals surface area contributed by atoms with Crippen molar-refractivity contribution in [2.24, 2.45) is 0 Å². The number of benzene rings is 2. The average molecular weight is 320 g/mol. The molecular weight excluding hydrogens is 304 g/mol. The monoisotopic (exact) mass is 320 g/mol. The Labute approximate surface area is 140 Å². The number of carbonyl (C=O) groups is 2. The number of carbonyl (C=O) groups excluding carboxylic acids is 2. The molecule has 2 aromatic rings. The molecule has 0 saturated carbocycles. The van der Waals surface area contributed by atoms with E-state index >= 15 is 0 Å². The second kappa shape index (κ2) is 8.41. The van der Waals surface area contributed by atoms with Crippen molar-refractivity contribution in [2.75, 3.05) is 13.2 Å². The first-order valence-electron chi connectivity index (χ1n) is 7.54. The molecule has 4 heteroatoms. The quantitative estimate of drug-likeness (QED) is 0.630. The molecule has 0 amide bonds. The van der Waals surface area contributed by atoms with E-state index in [4.69, 9.17) is 9.47 Å². The van der Waals surface area contributed by atoms with Crippen LogP contribution in [0, 0.1) is 23.7 Å². The molecule has 0 aromatic heterocycles. The SMILES string of the molecule is CCOC(=O)C#Cc1cc2ccccc2cc1C#CC(=O)OCC. The lowest BCUT2D eigenvalue weighted by Crippen LogP contribution is -2.00. The summed E-state index contributed by atoms with van der Waals surface area (Å²) in [5.74, 6) is 9.17. The minimum Gasteiger partial charge on any atom is -0.456 e. The molecule has 0 aliphatic rings. The van der Waals surface area contributed by atoms with Crippen LogP contribution < -0.4 is 0 Å². The standard InChI is InChI=1S/C20H16O4/c1-3-23-19(21)11-9-17-13-15-7-5-6-8-16(15)14-18(17)10-12-20(22)24-4-2/h5-8,13-14H,3-4H2,1-2H3. The Kier molecular flexibility index (Phi) is 6.00. The lowest BCUT2D eigenvalue weighted by Gasteiger charge is -2.02. The molecule has 0 aliphatic carbocycles. The van der Waals surface area contributed by atoms with Crippen LogP contribution in [0.15, 0.2) is 36.4 Å². The van der Waals surface area contributed by atoms with E-state index in [1.165, 1.54) is 0 Å². The van der Waals surface area contributed by atoms with Gasteiger partial charge in [-0.05, 0) is 36.8 Å². The first-order chi connectivity index (χ1) is 11.6. The number of fused-ring (bicyclic) bond motifs is 1. The Morgan fingerprint density at radius 1 is 0.833 bits per heavy atom. The van der Waals surface area contributed by atoms with Crippen LogP contribution in [-0.4, -0.2) is 25.2 Å². The normalized spacial score (nSPS) is 9.25. The van der Waals surface area contributed by atoms with E-state index < -0.39 is 11.9 Å². The molecule has 0 unspecified atom stereocenters. The van der Waals surface area contributed by atoms with E-state index in [1.54, 1.807) is 13.8 Å². The van der Waals surface area contributed by atoms with Crippen LogP contribution in [0.1, 0.15) is 25.0 Å². The number of hydrogen-bond donors (Lipinski definition) is 0. The zero-order chi connectivity index (χ0) is 17.4. The zero-order valence-corrected chi connectivity index (χ0v) is 13.5. The average Bonchev–Trinajstić information content (AvgIpc) is 2.58. The molecule has 4 nitrogen and oxygen atoms in total. The third-order valence-electron chi connectivity index (χ3n) is 3.04. The summed E-state index contributed by atoms with van der Waals surface area (Å²) in [6.45, 7) is 3.96. The Balaban J connectivity index is 2.47. The number of hydrogen-bond acceptors (Lipinski definition) is 4. The summed E-state index contributed by atoms with van der Waals surface area (Å²) in [6.07, 6.45) is 0. The summed E-state index contributed by atoms with van der Waals surface area (Å²) in [7, 11) is 0. The van der Waals surface area contributed by atoms with Gasteiger partial charge in [0.1, 0.15) is 0 Å². The molecule has 0 fully saturated rings. The van der Waals surface area contributed by atoms with Crippen LogP contribution in [0.3, 0.4) is 0 Å². The van der Waals surface area contributed by atoms with Crippen molar-refractivity contribution in [3.8, 4) is 23.7 Å². The molecule has 0 radical (unpaired) electrons. The van der Waals surface area contributed by atoms with Crippen LogP contribution in [0.4, 0.5) is 0 Å². The van der Waals surface area contributed by atoms with Gasteiger partial charge in [0.15, 0.2) is 0 Å². The van der Waals surface area contributed by atoms with Gasteiger partial charge in [-0.1, -0.05) is 36.1 Å². The van der Waals surface area contributed by atoms with E-state index in [0.29, 0.717) is 11.1 Å². The van der Waals surface area contributed by atoms with Crippen molar-refractivity contribution in [3.05, 3.63) is 47.5 Å². The topological polar surface area (TPSA) is 52.6 Å². The third kappa shape index (κ3) is 4.63. The van der Waals surface area contributed by atoms with Crippen LogP contribution in [0.5, 0.6) is 0 Å². The van der Waals surface area contributed by atoms with E-state index in [9.17, 15) is 9.59 Å². The van der Waals surface area contributed by atoms with Gasteiger partial charge < -0.3 is 9.47 Å². The maximum atomic E-state index is 11.4. The fraction of sp³-hybridized carbons (Fsp3) is 0.200. The van der Waals surface area contributed by atoms with Crippen molar-refractivity contribution in [3.63, 3.8) is 0 Å². The molecule has 2 aromatic carbocycles. The predicted octanol–water partition coefficient (Wildman–Crippen LogP) is 2.67. The van der Waals surface area contributed by atoms with Crippen LogP contribution in [0.25, 0.3) is 10.8 Å². The van der Waals surface area contributed by atoms with Gasteiger partial charge in [-0.3, -0.25) is 0 Å². The zero-order valence-electron chi connectivity index (χ0n) is 13.5. The first kappa shape index (κ1) is 17.1. The summed E-state index contributed by atoms with van der Waals surface area (Å²) in [5.41, 5.74) is 1.11. The van der Waals surface area contributed by atoms with E-state index in [0.717, 1.165) is 10.8 Å². The van der Waals surface area contributed by atoms with Crippen molar-refractivity contribution in [1.82, 2.24) is 0 Å². The third-order valence-corrected chi connectivity index (χ3v) is 3.04. The Morgan fingerprint density at radius 2 is 1.25 bits per heavy atom. The minimum absolute atomic E-state index is 0.265. The lowest BCUT2D eigenvalue weighted by molar-refractivity contribution is -0.137. The number of rotatable bonds is 2. The Bertz CT molecular complexity index is 814. The van der Waals surface area contributed by atoms with E-state index in [2.05, 4.69) is 23.7 Å². The second-order valence-electron chi connectivity index (χ2n) is 4.69. The highest BCUT2D eigenvalue weighted by atomic mass is 16.5. The minimum atomic E-state index is -0.602. The fourth-order valence-electron chi connectivity index (χ4n) is 2.02. The maximum Gasteiger partial charge on any atom is 0.384 e. The van der Waals surface area contributed by atoms with Crippen LogP contribution >= 0.6 is 0 Å². The highest BCUT2D eigenvalue weighted by Gasteiger charge is 2.03. The summed E-state index contributed by atoms with van der Waals surface area (Å²) in [4.78, 5) is 22.9. The summed E-state index contributed by atoms with van der Waals surface area (Å²) >= 11 is 0. The number of ether oxygens (including phenoxy) is 2. The first-order valence-corrected chi connectivity index (χ1v) is 7.54. The van der Waals surface area contributed by atoms with E-state index in [-0.39, 0.29) is 13.2 Å². The fourth-order valence-corrected chi connectivity index (χ4v) is 2.02. The van der Waals surface area contributed by atoms with Crippen molar-refractivity contribution in [2.45, 2.75) is 13.8 Å². The Morgan fingerprint density at radius 3 is 1.62 bits per heavy atom. The molecule has 120 valence electrons. The van der Waals surface area contributed by atoms with Gasteiger partial charge in [0, 0.05) is 23.0 Å². The van der Waals surface area contributed by atoms with Gasteiger partial charge in [-0.2, -0.15) is 0 Å².